The van der Waals surface area contributed by atoms with Gasteiger partial charge in [-0.1, -0.05) is 55.5 Å². The molecule has 0 radical (unpaired) electrons. The molecule has 2 aromatic rings. The molecule has 1 aliphatic heterocycles. The van der Waals surface area contributed by atoms with Crippen molar-refractivity contribution in [3.63, 3.8) is 0 Å². The third-order valence-corrected chi connectivity index (χ3v) is 8.09. The van der Waals surface area contributed by atoms with E-state index in [9.17, 15) is 19.5 Å². The fourth-order valence-corrected chi connectivity index (χ4v) is 6.03. The highest BCUT2D eigenvalue weighted by molar-refractivity contribution is 5.91. The Bertz CT molecular complexity index is 1110. The number of carbonyl (C=O) groups is 3. The molecule has 2 aliphatic carbocycles. The predicted molar refractivity (Wildman–Crippen MR) is 131 cm³/mol. The summed E-state index contributed by atoms with van der Waals surface area (Å²) in [5.74, 6) is -1.68. The molecule has 0 bridgehead atoms. The summed E-state index contributed by atoms with van der Waals surface area (Å²) in [6, 6.07) is 15.9. The topological polar surface area (TPSA) is 95.9 Å². The summed E-state index contributed by atoms with van der Waals surface area (Å²) in [6.45, 7) is 4.23. The van der Waals surface area contributed by atoms with Crippen LogP contribution in [0.5, 0.6) is 0 Å². The van der Waals surface area contributed by atoms with Gasteiger partial charge in [0.05, 0.1) is 5.92 Å². The van der Waals surface area contributed by atoms with Gasteiger partial charge in [0.15, 0.2) is 0 Å². The lowest BCUT2D eigenvalue weighted by Crippen LogP contribution is -2.60. The van der Waals surface area contributed by atoms with Crippen LogP contribution in [0.1, 0.15) is 56.6 Å². The zero-order chi connectivity index (χ0) is 24.7. The molecule has 0 spiro atoms. The minimum atomic E-state index is -1.11. The number of rotatable bonds is 7. The Kier molecular flexibility index (Phi) is 6.03. The summed E-state index contributed by atoms with van der Waals surface area (Å²) in [6.07, 6.45) is 2.08. The van der Waals surface area contributed by atoms with Crippen molar-refractivity contribution in [1.82, 2.24) is 10.2 Å². The fourth-order valence-electron chi connectivity index (χ4n) is 6.03. The smallest absolute Gasteiger partial charge is 0.408 e. The molecule has 1 saturated heterocycles. The first kappa shape index (κ1) is 23.4. The van der Waals surface area contributed by atoms with Crippen LogP contribution in [0.3, 0.4) is 0 Å². The first-order chi connectivity index (χ1) is 16.8. The molecule has 2 amide bonds. The number of nitrogens with one attached hydrogen (secondary N) is 1. The number of aliphatic carboxylic acids is 1. The molecule has 5 rings (SSSR count). The van der Waals surface area contributed by atoms with E-state index in [2.05, 4.69) is 29.6 Å². The number of likely N-dealkylation sites (tertiary alicyclic amines) is 1. The first-order valence-corrected chi connectivity index (χ1v) is 12.5. The van der Waals surface area contributed by atoms with Gasteiger partial charge in [0.25, 0.3) is 0 Å². The van der Waals surface area contributed by atoms with Crippen LogP contribution in [-0.2, 0) is 14.3 Å². The van der Waals surface area contributed by atoms with Gasteiger partial charge in [-0.25, -0.2) is 4.79 Å². The number of carboxylic acids is 1. The van der Waals surface area contributed by atoms with Gasteiger partial charge in [0.1, 0.15) is 12.1 Å². The number of fused-ring (bicyclic) bond motifs is 3. The van der Waals surface area contributed by atoms with E-state index in [4.69, 9.17) is 4.74 Å². The zero-order valence-electron chi connectivity index (χ0n) is 20.2. The second-order valence-electron chi connectivity index (χ2n) is 10.1. The SMILES string of the molecule is CCC1C(C(=O)O)CCN1C(=O)C(C)(NC(=O)OCC1c2ccccc2-c2ccccc21)C1CC1. The van der Waals surface area contributed by atoms with Crippen LogP contribution in [0, 0.1) is 11.8 Å². The molecule has 2 N–H and O–H groups in total. The van der Waals surface area contributed by atoms with Gasteiger partial charge in [-0.2, -0.15) is 0 Å². The Morgan fingerprint density at radius 2 is 1.63 bits per heavy atom. The number of carbonyl (C=O) groups excluding carboxylic acids is 2. The largest absolute Gasteiger partial charge is 0.481 e. The predicted octanol–water partition coefficient (Wildman–Crippen LogP) is 4.41. The van der Waals surface area contributed by atoms with E-state index in [0.29, 0.717) is 19.4 Å². The van der Waals surface area contributed by atoms with Crippen LogP contribution in [0.4, 0.5) is 4.79 Å². The molecule has 0 aromatic heterocycles. The van der Waals surface area contributed by atoms with Crippen molar-refractivity contribution >= 4 is 18.0 Å². The molecular weight excluding hydrogens is 444 g/mol. The first-order valence-electron chi connectivity index (χ1n) is 12.5. The molecule has 3 aliphatic rings. The molecular formula is C28H32N2O5. The lowest BCUT2D eigenvalue weighted by molar-refractivity contribution is -0.145. The van der Waals surface area contributed by atoms with Crippen LogP contribution in [-0.4, -0.2) is 52.7 Å². The molecule has 7 heteroatoms. The quantitative estimate of drug-likeness (QED) is 0.617. The van der Waals surface area contributed by atoms with Gasteiger partial charge in [0, 0.05) is 18.5 Å². The highest BCUT2D eigenvalue weighted by Gasteiger charge is 2.53. The summed E-state index contributed by atoms with van der Waals surface area (Å²) in [4.78, 5) is 40.0. The van der Waals surface area contributed by atoms with Gasteiger partial charge in [0.2, 0.25) is 5.91 Å². The van der Waals surface area contributed by atoms with Gasteiger partial charge in [-0.05, 0) is 60.8 Å². The van der Waals surface area contributed by atoms with Crippen molar-refractivity contribution in [3.05, 3.63) is 59.7 Å². The average Bonchev–Trinajstić information content (AvgIpc) is 3.55. The number of hydrogen-bond donors (Lipinski definition) is 2. The second kappa shape index (κ2) is 9.02. The Hall–Kier alpha value is -3.35. The zero-order valence-corrected chi connectivity index (χ0v) is 20.2. The van der Waals surface area contributed by atoms with E-state index in [0.717, 1.165) is 35.1 Å². The number of ether oxygens (including phenoxy) is 1. The van der Waals surface area contributed by atoms with Gasteiger partial charge in [-0.3, -0.25) is 9.59 Å². The van der Waals surface area contributed by atoms with E-state index in [1.165, 1.54) is 0 Å². The Labute approximate surface area is 205 Å². The van der Waals surface area contributed by atoms with E-state index >= 15 is 0 Å². The van der Waals surface area contributed by atoms with Crippen molar-refractivity contribution < 1.29 is 24.2 Å². The summed E-state index contributed by atoms with van der Waals surface area (Å²) in [5, 5.41) is 12.5. The van der Waals surface area contributed by atoms with E-state index in [1.807, 2.05) is 31.2 Å². The standard InChI is InChI=1S/C28H32N2O5/c1-3-24-22(25(31)32)14-15-30(24)26(33)28(2,17-12-13-17)29-27(34)35-16-23-20-10-6-4-8-18(20)19-9-5-7-11-21(19)23/h4-11,17,22-24H,3,12-16H2,1-2H3,(H,29,34)(H,31,32). The molecule has 1 heterocycles. The maximum atomic E-state index is 13.7. The van der Waals surface area contributed by atoms with Crippen molar-refractivity contribution in [3.8, 4) is 11.1 Å². The number of nitrogens with zero attached hydrogens (tertiary/aromatic N) is 1. The van der Waals surface area contributed by atoms with Crippen LogP contribution in [0.25, 0.3) is 11.1 Å². The van der Waals surface area contributed by atoms with Crippen molar-refractivity contribution in [2.75, 3.05) is 13.2 Å². The molecule has 184 valence electrons. The van der Waals surface area contributed by atoms with Gasteiger partial charge < -0.3 is 20.1 Å². The lowest BCUT2D eigenvalue weighted by atomic mass is 9.92. The van der Waals surface area contributed by atoms with E-state index in [-0.39, 0.29) is 30.4 Å². The minimum absolute atomic E-state index is 0.0249. The van der Waals surface area contributed by atoms with Crippen molar-refractivity contribution in [2.45, 2.75) is 57.0 Å². The van der Waals surface area contributed by atoms with Gasteiger partial charge >= 0.3 is 12.1 Å². The Morgan fingerprint density at radius 3 is 2.17 bits per heavy atom. The monoisotopic (exact) mass is 476 g/mol. The fraction of sp³-hybridized carbons (Fsp3) is 0.464. The third kappa shape index (κ3) is 4.07. The third-order valence-electron chi connectivity index (χ3n) is 8.09. The highest BCUT2D eigenvalue weighted by atomic mass is 16.5. The minimum Gasteiger partial charge on any atom is -0.481 e. The number of amides is 2. The molecule has 7 nitrogen and oxygen atoms in total. The number of benzene rings is 2. The number of hydrogen-bond acceptors (Lipinski definition) is 4. The number of alkyl carbamates (subject to hydrolysis) is 1. The van der Waals surface area contributed by atoms with Crippen LogP contribution in [0.2, 0.25) is 0 Å². The molecule has 1 saturated carbocycles. The second-order valence-corrected chi connectivity index (χ2v) is 10.1. The normalized spacial score (nSPS) is 22.7. The molecule has 2 fully saturated rings. The van der Waals surface area contributed by atoms with E-state index in [1.54, 1.807) is 11.8 Å². The van der Waals surface area contributed by atoms with Crippen LogP contribution >= 0.6 is 0 Å². The Morgan fingerprint density at radius 1 is 1.03 bits per heavy atom. The molecule has 3 unspecified atom stereocenters. The van der Waals surface area contributed by atoms with Crippen molar-refractivity contribution in [2.24, 2.45) is 11.8 Å². The van der Waals surface area contributed by atoms with E-state index < -0.39 is 23.5 Å². The van der Waals surface area contributed by atoms with Crippen LogP contribution in [0.15, 0.2) is 48.5 Å². The maximum Gasteiger partial charge on any atom is 0.408 e. The van der Waals surface area contributed by atoms with Crippen LogP contribution < -0.4 is 5.32 Å². The number of carboxylic acid groups (broad SMARTS) is 1. The average molecular weight is 477 g/mol. The summed E-state index contributed by atoms with van der Waals surface area (Å²) < 4.78 is 5.72. The molecule has 2 aromatic carbocycles. The molecule has 3 atom stereocenters. The summed E-state index contributed by atoms with van der Waals surface area (Å²) >= 11 is 0. The molecule has 35 heavy (non-hydrogen) atoms. The van der Waals surface area contributed by atoms with Crippen molar-refractivity contribution in [1.29, 1.82) is 0 Å². The summed E-state index contributed by atoms with van der Waals surface area (Å²) in [7, 11) is 0. The highest BCUT2D eigenvalue weighted by Crippen LogP contribution is 2.45. The lowest BCUT2D eigenvalue weighted by Gasteiger charge is -2.36. The maximum absolute atomic E-state index is 13.7. The van der Waals surface area contributed by atoms with Gasteiger partial charge in [-0.15, -0.1) is 0 Å². The summed E-state index contributed by atoms with van der Waals surface area (Å²) in [5.41, 5.74) is 3.46. The Balaban J connectivity index is 1.30.